The van der Waals surface area contributed by atoms with E-state index < -0.39 is 5.97 Å². The summed E-state index contributed by atoms with van der Waals surface area (Å²) in [6.45, 7) is 0. The molecule has 1 N–H and O–H groups in total. The van der Waals surface area contributed by atoms with Crippen LogP contribution in [0.15, 0.2) is 24.5 Å². The molecule has 80 valence electrons. The Kier molecular flexibility index (Phi) is 2.99. The van der Waals surface area contributed by atoms with E-state index in [1.165, 1.54) is 12.8 Å². The zero-order valence-corrected chi connectivity index (χ0v) is 8.60. The number of carbonyl (C=O) groups is 1. The van der Waals surface area contributed by atoms with Crippen molar-refractivity contribution in [2.24, 2.45) is 5.92 Å². The van der Waals surface area contributed by atoms with Crippen molar-refractivity contribution in [2.75, 3.05) is 0 Å². The third-order valence-electron chi connectivity index (χ3n) is 2.91. The number of aliphatic carboxylic acids is 1. The lowest BCUT2D eigenvalue weighted by Crippen LogP contribution is -2.07. The largest absolute Gasteiger partial charge is 0.481 e. The molecule has 1 aliphatic carbocycles. The van der Waals surface area contributed by atoms with Gasteiger partial charge < -0.3 is 5.11 Å². The predicted octanol–water partition coefficient (Wildman–Crippen LogP) is 2.44. The van der Waals surface area contributed by atoms with Crippen molar-refractivity contribution in [1.29, 1.82) is 0 Å². The molecule has 1 atom stereocenters. The van der Waals surface area contributed by atoms with E-state index in [4.69, 9.17) is 5.11 Å². The number of aromatic nitrogens is 1. The van der Waals surface area contributed by atoms with Crippen LogP contribution in [0.2, 0.25) is 0 Å². The maximum absolute atomic E-state index is 10.8. The van der Waals surface area contributed by atoms with Gasteiger partial charge in [-0.1, -0.05) is 12.8 Å². The first-order valence-corrected chi connectivity index (χ1v) is 5.37. The third-order valence-corrected chi connectivity index (χ3v) is 2.91. The molecule has 1 heterocycles. The van der Waals surface area contributed by atoms with Gasteiger partial charge in [0.15, 0.2) is 0 Å². The summed E-state index contributed by atoms with van der Waals surface area (Å²) >= 11 is 0. The van der Waals surface area contributed by atoms with E-state index in [-0.39, 0.29) is 12.3 Å². The predicted molar refractivity (Wildman–Crippen MR) is 56.6 cm³/mol. The summed E-state index contributed by atoms with van der Waals surface area (Å²) in [6, 6.07) is 3.85. The molecule has 3 nitrogen and oxygen atoms in total. The second-order valence-electron chi connectivity index (χ2n) is 4.25. The van der Waals surface area contributed by atoms with Crippen LogP contribution in [-0.4, -0.2) is 16.1 Å². The summed E-state index contributed by atoms with van der Waals surface area (Å²) < 4.78 is 0. The highest BCUT2D eigenvalue weighted by atomic mass is 16.4. The number of pyridine rings is 1. The highest BCUT2D eigenvalue weighted by molar-refractivity contribution is 5.68. The summed E-state index contributed by atoms with van der Waals surface area (Å²) in [5.74, 6) is 0.206. The molecule has 0 amide bonds. The molecule has 1 fully saturated rings. The third kappa shape index (κ3) is 3.05. The van der Waals surface area contributed by atoms with Crippen LogP contribution in [0.1, 0.15) is 37.2 Å². The van der Waals surface area contributed by atoms with Crippen molar-refractivity contribution < 1.29 is 9.90 Å². The van der Waals surface area contributed by atoms with Gasteiger partial charge in [0.25, 0.3) is 0 Å². The number of hydrogen-bond donors (Lipinski definition) is 1. The molecule has 1 aromatic rings. The van der Waals surface area contributed by atoms with E-state index in [1.54, 1.807) is 12.4 Å². The fourth-order valence-corrected chi connectivity index (χ4v) is 1.94. The lowest BCUT2D eigenvalue weighted by Gasteiger charge is -2.14. The summed E-state index contributed by atoms with van der Waals surface area (Å²) in [4.78, 5) is 14.7. The molecule has 1 saturated carbocycles. The smallest absolute Gasteiger partial charge is 0.303 e. The Balaban J connectivity index is 2.06. The van der Waals surface area contributed by atoms with Crippen LogP contribution in [-0.2, 0) is 4.79 Å². The number of rotatable bonds is 5. The Morgan fingerprint density at radius 3 is 2.67 bits per heavy atom. The summed E-state index contributed by atoms with van der Waals surface area (Å²) in [5.41, 5.74) is 1.11. The quantitative estimate of drug-likeness (QED) is 0.803. The number of carboxylic acids is 1. The highest BCUT2D eigenvalue weighted by Gasteiger charge is 2.27. The lowest BCUT2D eigenvalue weighted by molar-refractivity contribution is -0.137. The minimum atomic E-state index is -0.711. The van der Waals surface area contributed by atoms with Gasteiger partial charge in [-0.15, -0.1) is 0 Å². The van der Waals surface area contributed by atoms with Gasteiger partial charge >= 0.3 is 5.97 Å². The zero-order chi connectivity index (χ0) is 10.7. The molecular formula is C12H15NO2. The maximum atomic E-state index is 10.8. The van der Waals surface area contributed by atoms with E-state index in [0.717, 1.165) is 17.9 Å². The monoisotopic (exact) mass is 205 g/mol. The van der Waals surface area contributed by atoms with Crippen molar-refractivity contribution in [3.8, 4) is 0 Å². The van der Waals surface area contributed by atoms with Crippen LogP contribution in [0.3, 0.4) is 0 Å². The fraction of sp³-hybridized carbons (Fsp3) is 0.500. The first-order chi connectivity index (χ1) is 7.25. The molecule has 1 unspecified atom stereocenters. The first kappa shape index (κ1) is 10.1. The van der Waals surface area contributed by atoms with Crippen molar-refractivity contribution in [3.63, 3.8) is 0 Å². The molecular weight excluding hydrogens is 190 g/mol. The zero-order valence-electron chi connectivity index (χ0n) is 8.60. The van der Waals surface area contributed by atoms with Gasteiger partial charge in [0, 0.05) is 12.4 Å². The molecule has 1 aliphatic rings. The summed E-state index contributed by atoms with van der Waals surface area (Å²) in [7, 11) is 0. The first-order valence-electron chi connectivity index (χ1n) is 5.37. The number of hydrogen-bond acceptors (Lipinski definition) is 2. The van der Waals surface area contributed by atoms with E-state index in [1.807, 2.05) is 12.1 Å². The van der Waals surface area contributed by atoms with E-state index >= 15 is 0 Å². The van der Waals surface area contributed by atoms with Crippen molar-refractivity contribution in [3.05, 3.63) is 30.1 Å². The van der Waals surface area contributed by atoms with Crippen LogP contribution >= 0.6 is 0 Å². The molecule has 15 heavy (non-hydrogen) atoms. The van der Waals surface area contributed by atoms with E-state index in [2.05, 4.69) is 4.98 Å². The molecule has 0 spiro atoms. The van der Waals surface area contributed by atoms with E-state index in [0.29, 0.717) is 0 Å². The van der Waals surface area contributed by atoms with Gasteiger partial charge in [0.05, 0.1) is 6.42 Å². The molecule has 3 heteroatoms. The standard InChI is InChI=1S/C12H15NO2/c14-12(15)8-11(7-9-1-2-9)10-3-5-13-6-4-10/h3-6,9,11H,1-2,7-8H2,(H,14,15). The Hall–Kier alpha value is -1.38. The van der Waals surface area contributed by atoms with Crippen LogP contribution in [0.4, 0.5) is 0 Å². The molecule has 0 bridgehead atoms. The summed E-state index contributed by atoms with van der Waals surface area (Å²) in [5, 5.41) is 8.86. The molecule has 2 rings (SSSR count). The van der Waals surface area contributed by atoms with E-state index in [9.17, 15) is 4.79 Å². The number of nitrogens with zero attached hydrogens (tertiary/aromatic N) is 1. The lowest BCUT2D eigenvalue weighted by atomic mass is 9.91. The molecule has 0 saturated heterocycles. The second kappa shape index (κ2) is 4.43. The normalized spacial score (nSPS) is 17.3. The SMILES string of the molecule is O=C(O)CC(CC1CC1)c1ccncc1. The van der Waals surface area contributed by atoms with Crippen LogP contribution in [0, 0.1) is 5.92 Å². The van der Waals surface area contributed by atoms with Gasteiger partial charge in [-0.2, -0.15) is 0 Å². The van der Waals surface area contributed by atoms with Gasteiger partial charge in [-0.3, -0.25) is 9.78 Å². The number of carboxylic acid groups (broad SMARTS) is 1. The topological polar surface area (TPSA) is 50.2 Å². The summed E-state index contributed by atoms with van der Waals surface area (Å²) in [6.07, 6.45) is 7.24. The molecule has 1 aromatic heterocycles. The Morgan fingerprint density at radius 1 is 1.47 bits per heavy atom. The maximum Gasteiger partial charge on any atom is 0.303 e. The van der Waals surface area contributed by atoms with Crippen LogP contribution < -0.4 is 0 Å². The van der Waals surface area contributed by atoms with Crippen molar-refractivity contribution >= 4 is 5.97 Å². The van der Waals surface area contributed by atoms with Crippen LogP contribution in [0.5, 0.6) is 0 Å². The molecule has 0 radical (unpaired) electrons. The Labute approximate surface area is 89.2 Å². The van der Waals surface area contributed by atoms with Crippen molar-refractivity contribution in [1.82, 2.24) is 4.98 Å². The minimum absolute atomic E-state index is 0.165. The average Bonchev–Trinajstić information content (AvgIpc) is 3.01. The molecule has 0 aliphatic heterocycles. The van der Waals surface area contributed by atoms with Gasteiger partial charge in [0.1, 0.15) is 0 Å². The fourth-order valence-electron chi connectivity index (χ4n) is 1.94. The van der Waals surface area contributed by atoms with Gasteiger partial charge in [-0.25, -0.2) is 0 Å². The minimum Gasteiger partial charge on any atom is -0.481 e. The van der Waals surface area contributed by atoms with Gasteiger partial charge in [0.2, 0.25) is 0 Å². The van der Waals surface area contributed by atoms with Crippen LogP contribution in [0.25, 0.3) is 0 Å². The average molecular weight is 205 g/mol. The Bertz CT molecular complexity index is 333. The Morgan fingerprint density at radius 2 is 2.13 bits per heavy atom. The molecule has 0 aromatic carbocycles. The van der Waals surface area contributed by atoms with Crippen molar-refractivity contribution in [2.45, 2.75) is 31.6 Å². The van der Waals surface area contributed by atoms with Gasteiger partial charge in [-0.05, 0) is 36.0 Å². The second-order valence-corrected chi connectivity index (χ2v) is 4.25. The highest BCUT2D eigenvalue weighted by Crippen LogP contribution is 2.39.